The average molecular weight is 200 g/mol. The third-order valence-electron chi connectivity index (χ3n) is 1.79. The van der Waals surface area contributed by atoms with Gasteiger partial charge < -0.3 is 0 Å². The summed E-state index contributed by atoms with van der Waals surface area (Å²) in [4.78, 5) is 0. The standard InChI is InChI=1S/C6H14ClNO2S/c1-4-6(2)8(3)11(9,10)5-7/h6H,4-5H2,1-3H3. The Morgan fingerprint density at radius 3 is 2.27 bits per heavy atom. The maximum Gasteiger partial charge on any atom is 0.228 e. The van der Waals surface area contributed by atoms with E-state index in [9.17, 15) is 8.42 Å². The molecule has 0 heterocycles. The van der Waals surface area contributed by atoms with Gasteiger partial charge in [-0.1, -0.05) is 6.92 Å². The van der Waals surface area contributed by atoms with Crippen molar-refractivity contribution >= 4 is 21.6 Å². The predicted molar refractivity (Wildman–Crippen MR) is 47.2 cm³/mol. The van der Waals surface area contributed by atoms with Crippen LogP contribution in [-0.4, -0.2) is 31.0 Å². The highest BCUT2D eigenvalue weighted by Gasteiger charge is 2.20. The zero-order valence-corrected chi connectivity index (χ0v) is 8.61. The number of sulfonamides is 1. The second-order valence-electron chi connectivity index (χ2n) is 2.49. The van der Waals surface area contributed by atoms with Crippen LogP contribution in [0.4, 0.5) is 0 Å². The van der Waals surface area contributed by atoms with Crippen LogP contribution in [0.1, 0.15) is 20.3 Å². The number of hydrogen-bond donors (Lipinski definition) is 0. The Bertz CT molecular complexity index is 203. The molecule has 0 spiro atoms. The van der Waals surface area contributed by atoms with Gasteiger partial charge in [-0.25, -0.2) is 12.7 Å². The van der Waals surface area contributed by atoms with Crippen LogP contribution in [0.15, 0.2) is 0 Å². The van der Waals surface area contributed by atoms with Gasteiger partial charge in [0.2, 0.25) is 10.0 Å². The molecule has 1 atom stereocenters. The SMILES string of the molecule is CCC(C)N(C)S(=O)(=O)CCl. The number of alkyl halides is 1. The van der Waals surface area contributed by atoms with Crippen molar-refractivity contribution in [1.82, 2.24) is 4.31 Å². The first-order valence-electron chi connectivity index (χ1n) is 3.47. The summed E-state index contributed by atoms with van der Waals surface area (Å²) in [6.07, 6.45) is 0.798. The molecule has 0 amide bonds. The maximum absolute atomic E-state index is 11.1. The monoisotopic (exact) mass is 199 g/mol. The first-order chi connectivity index (χ1) is 4.95. The number of nitrogens with zero attached hydrogens (tertiary/aromatic N) is 1. The van der Waals surface area contributed by atoms with Crippen molar-refractivity contribution in [2.45, 2.75) is 26.3 Å². The minimum Gasteiger partial charge on any atom is -0.211 e. The average Bonchev–Trinajstić information content (AvgIpc) is 2.01. The van der Waals surface area contributed by atoms with Crippen LogP contribution in [0.5, 0.6) is 0 Å². The van der Waals surface area contributed by atoms with Crippen molar-refractivity contribution in [2.75, 3.05) is 12.3 Å². The summed E-state index contributed by atoms with van der Waals surface area (Å²) < 4.78 is 23.5. The molecule has 0 aliphatic carbocycles. The fourth-order valence-electron chi connectivity index (χ4n) is 0.608. The second kappa shape index (κ2) is 4.28. The zero-order chi connectivity index (χ0) is 9.07. The lowest BCUT2D eigenvalue weighted by Crippen LogP contribution is -2.35. The molecule has 0 bridgehead atoms. The van der Waals surface area contributed by atoms with E-state index in [-0.39, 0.29) is 11.3 Å². The third-order valence-corrected chi connectivity index (χ3v) is 4.13. The molecule has 0 aromatic heterocycles. The quantitative estimate of drug-likeness (QED) is 0.639. The van der Waals surface area contributed by atoms with Crippen molar-refractivity contribution in [2.24, 2.45) is 0 Å². The van der Waals surface area contributed by atoms with Gasteiger partial charge in [-0.3, -0.25) is 0 Å². The minimum atomic E-state index is -3.21. The summed E-state index contributed by atoms with van der Waals surface area (Å²) in [7, 11) is -1.66. The third kappa shape index (κ3) is 2.97. The molecular weight excluding hydrogens is 186 g/mol. The first kappa shape index (κ1) is 11.2. The fraction of sp³-hybridized carbons (Fsp3) is 1.00. The molecule has 68 valence electrons. The van der Waals surface area contributed by atoms with E-state index in [2.05, 4.69) is 0 Å². The molecule has 0 saturated heterocycles. The molecule has 0 aromatic rings. The normalized spacial score (nSPS) is 15.4. The van der Waals surface area contributed by atoms with E-state index in [1.165, 1.54) is 4.31 Å². The highest BCUT2D eigenvalue weighted by molar-refractivity contribution is 7.90. The van der Waals surface area contributed by atoms with E-state index in [0.717, 1.165) is 6.42 Å². The van der Waals surface area contributed by atoms with E-state index in [4.69, 9.17) is 11.6 Å². The van der Waals surface area contributed by atoms with Crippen molar-refractivity contribution < 1.29 is 8.42 Å². The summed E-state index contributed by atoms with van der Waals surface area (Å²) in [5.74, 6) is 0. The van der Waals surface area contributed by atoms with E-state index < -0.39 is 10.0 Å². The first-order valence-corrected chi connectivity index (χ1v) is 5.61. The highest BCUT2D eigenvalue weighted by Crippen LogP contribution is 2.08. The van der Waals surface area contributed by atoms with Gasteiger partial charge in [0.25, 0.3) is 0 Å². The Kier molecular flexibility index (Phi) is 4.36. The van der Waals surface area contributed by atoms with Gasteiger partial charge in [0.15, 0.2) is 0 Å². The molecule has 0 aliphatic heterocycles. The Labute approximate surface area is 73.4 Å². The van der Waals surface area contributed by atoms with E-state index in [1.54, 1.807) is 7.05 Å². The molecule has 0 rings (SSSR count). The van der Waals surface area contributed by atoms with E-state index in [1.807, 2.05) is 13.8 Å². The van der Waals surface area contributed by atoms with Gasteiger partial charge in [0.05, 0.1) is 0 Å². The van der Waals surface area contributed by atoms with E-state index in [0.29, 0.717) is 0 Å². The van der Waals surface area contributed by atoms with Gasteiger partial charge in [-0.15, -0.1) is 11.6 Å². The predicted octanol–water partition coefficient (Wildman–Crippen LogP) is 1.24. The van der Waals surface area contributed by atoms with Crippen molar-refractivity contribution in [1.29, 1.82) is 0 Å². The Balaban J connectivity index is 4.36. The Morgan fingerprint density at radius 1 is 1.55 bits per heavy atom. The number of rotatable bonds is 4. The van der Waals surface area contributed by atoms with Gasteiger partial charge >= 0.3 is 0 Å². The molecule has 3 nitrogen and oxygen atoms in total. The largest absolute Gasteiger partial charge is 0.228 e. The van der Waals surface area contributed by atoms with Crippen LogP contribution in [0.2, 0.25) is 0 Å². The van der Waals surface area contributed by atoms with Gasteiger partial charge in [0.1, 0.15) is 5.21 Å². The van der Waals surface area contributed by atoms with Crippen LogP contribution in [0.3, 0.4) is 0 Å². The molecule has 0 fully saturated rings. The zero-order valence-electron chi connectivity index (χ0n) is 7.04. The van der Waals surface area contributed by atoms with Crippen LogP contribution in [-0.2, 0) is 10.0 Å². The summed E-state index contributed by atoms with van der Waals surface area (Å²) >= 11 is 5.26. The Morgan fingerprint density at radius 2 is 2.00 bits per heavy atom. The fourth-order valence-corrected chi connectivity index (χ4v) is 1.92. The van der Waals surface area contributed by atoms with Gasteiger partial charge in [-0.05, 0) is 13.3 Å². The maximum atomic E-state index is 11.1. The molecule has 5 heteroatoms. The van der Waals surface area contributed by atoms with E-state index >= 15 is 0 Å². The molecule has 0 N–H and O–H groups in total. The van der Waals surface area contributed by atoms with Crippen LogP contribution < -0.4 is 0 Å². The summed E-state index contributed by atoms with van der Waals surface area (Å²) in [5, 5.41) is -0.339. The molecule has 1 unspecified atom stereocenters. The minimum absolute atomic E-state index is 0.0266. The second-order valence-corrected chi connectivity index (χ2v) is 5.11. The molecule has 0 aliphatic rings. The van der Waals surface area contributed by atoms with Crippen LogP contribution in [0.25, 0.3) is 0 Å². The number of hydrogen-bond acceptors (Lipinski definition) is 2. The van der Waals surface area contributed by atoms with Crippen molar-refractivity contribution in [3.05, 3.63) is 0 Å². The summed E-state index contributed by atoms with van der Waals surface area (Å²) in [5.41, 5.74) is 0. The highest BCUT2D eigenvalue weighted by atomic mass is 35.5. The lowest BCUT2D eigenvalue weighted by atomic mass is 10.3. The molecule has 0 aromatic carbocycles. The lowest BCUT2D eigenvalue weighted by Gasteiger charge is -2.21. The van der Waals surface area contributed by atoms with Gasteiger partial charge in [0, 0.05) is 13.1 Å². The lowest BCUT2D eigenvalue weighted by molar-refractivity contribution is 0.383. The Hall–Kier alpha value is 0.200. The molecule has 11 heavy (non-hydrogen) atoms. The number of halogens is 1. The molecule has 0 radical (unpaired) electrons. The van der Waals surface area contributed by atoms with Crippen LogP contribution in [0, 0.1) is 0 Å². The summed E-state index contributed by atoms with van der Waals surface area (Å²) in [6, 6.07) is 0.0266. The topological polar surface area (TPSA) is 37.4 Å². The smallest absolute Gasteiger partial charge is 0.211 e. The molecule has 0 saturated carbocycles. The van der Waals surface area contributed by atoms with Crippen molar-refractivity contribution in [3.63, 3.8) is 0 Å². The van der Waals surface area contributed by atoms with Crippen molar-refractivity contribution in [3.8, 4) is 0 Å². The van der Waals surface area contributed by atoms with Gasteiger partial charge in [-0.2, -0.15) is 0 Å². The van der Waals surface area contributed by atoms with Crippen LogP contribution >= 0.6 is 11.6 Å². The molecular formula is C6H14ClNO2S. The summed E-state index contributed by atoms with van der Waals surface area (Å²) in [6.45, 7) is 3.79.